The van der Waals surface area contributed by atoms with Crippen LogP contribution in [0.15, 0.2) is 48.5 Å². The van der Waals surface area contributed by atoms with Crippen molar-refractivity contribution in [1.82, 2.24) is 10.2 Å². The number of nitrogens with zero attached hydrogens (tertiary/aromatic N) is 2. The number of rotatable bonds is 7. The minimum Gasteiger partial charge on any atom is -0.496 e. The second-order valence-electron chi connectivity index (χ2n) is 8.26. The number of imide groups is 1. The Morgan fingerprint density at radius 3 is 2.47 bits per heavy atom. The lowest BCUT2D eigenvalue weighted by Gasteiger charge is -2.22. The number of ketones is 1. The molecule has 0 radical (unpaired) electrons. The molecule has 2 heterocycles. The van der Waals surface area contributed by atoms with Crippen molar-refractivity contribution in [1.29, 1.82) is 0 Å². The third-order valence-electron chi connectivity index (χ3n) is 5.96. The number of urea groups is 1. The van der Waals surface area contributed by atoms with Crippen LogP contribution in [0.2, 0.25) is 0 Å². The number of nitrogens with one attached hydrogen (secondary N) is 1. The van der Waals surface area contributed by atoms with E-state index in [9.17, 15) is 19.2 Å². The van der Waals surface area contributed by atoms with E-state index in [-0.39, 0.29) is 24.7 Å². The number of carbonyl (C=O) groups is 4. The number of methoxy groups -OCH3 is 1. The number of amides is 4. The smallest absolute Gasteiger partial charge is 0.325 e. The van der Waals surface area contributed by atoms with Gasteiger partial charge >= 0.3 is 6.03 Å². The lowest BCUT2D eigenvalue weighted by molar-refractivity contribution is -0.130. The van der Waals surface area contributed by atoms with Crippen LogP contribution in [0.25, 0.3) is 0 Å². The van der Waals surface area contributed by atoms with E-state index < -0.39 is 17.5 Å². The summed E-state index contributed by atoms with van der Waals surface area (Å²) < 4.78 is 5.35. The summed E-state index contributed by atoms with van der Waals surface area (Å²) in [6.07, 6.45) is 1.59. The van der Waals surface area contributed by atoms with Gasteiger partial charge in [0.05, 0.1) is 13.7 Å². The van der Waals surface area contributed by atoms with Crippen LogP contribution in [0.5, 0.6) is 5.75 Å². The number of carbonyl (C=O) groups excluding carboxylic acids is 4. The van der Waals surface area contributed by atoms with E-state index in [1.54, 1.807) is 49.3 Å². The van der Waals surface area contributed by atoms with Gasteiger partial charge in [0.25, 0.3) is 5.91 Å². The normalized spacial score (nSPS) is 20.6. The first-order valence-corrected chi connectivity index (χ1v) is 10.5. The zero-order valence-electron chi connectivity index (χ0n) is 18.1. The number of benzene rings is 2. The highest BCUT2D eigenvalue weighted by Gasteiger charge is 2.48. The standard InChI is InChI=1S/C24H25N3O5/c1-24(14-17-6-3-4-7-20(17)32-2)22(30)27(23(31)25-24)15-19(28)16-9-11-18(12-10-16)26-13-5-8-21(26)29/h3-4,6-7,9-12H,5,8,13-15H2,1-2H3,(H,25,31)/t24-/m0/s1. The number of Topliss-reactive ketones (excluding diaryl/α,β-unsaturated/α-hetero) is 1. The fourth-order valence-corrected chi connectivity index (χ4v) is 4.22. The van der Waals surface area contributed by atoms with Crippen LogP contribution in [-0.2, 0) is 16.0 Å². The van der Waals surface area contributed by atoms with Gasteiger partial charge in [-0.15, -0.1) is 0 Å². The Hall–Kier alpha value is -3.68. The van der Waals surface area contributed by atoms with Crippen LogP contribution in [0.3, 0.4) is 0 Å². The summed E-state index contributed by atoms with van der Waals surface area (Å²) in [7, 11) is 1.55. The fourth-order valence-electron chi connectivity index (χ4n) is 4.22. The molecular weight excluding hydrogens is 410 g/mol. The number of hydrogen-bond donors (Lipinski definition) is 1. The summed E-state index contributed by atoms with van der Waals surface area (Å²) in [5.41, 5.74) is 0.723. The molecule has 0 bridgehead atoms. The zero-order chi connectivity index (χ0) is 22.9. The molecule has 0 aliphatic carbocycles. The molecule has 8 heteroatoms. The SMILES string of the molecule is COc1ccccc1C[C@]1(C)NC(=O)N(CC(=O)c2ccc(N3CCCC3=O)cc2)C1=O. The third kappa shape index (κ3) is 3.95. The highest BCUT2D eigenvalue weighted by Crippen LogP contribution is 2.28. The van der Waals surface area contributed by atoms with Crippen LogP contribution in [0.4, 0.5) is 10.5 Å². The lowest BCUT2D eigenvalue weighted by atomic mass is 9.92. The second-order valence-corrected chi connectivity index (χ2v) is 8.26. The monoisotopic (exact) mass is 435 g/mol. The van der Waals surface area contributed by atoms with E-state index >= 15 is 0 Å². The Morgan fingerprint density at radius 2 is 1.81 bits per heavy atom. The van der Waals surface area contributed by atoms with E-state index in [1.165, 1.54) is 0 Å². The molecule has 0 spiro atoms. The molecule has 4 amide bonds. The van der Waals surface area contributed by atoms with Gasteiger partial charge in [-0.2, -0.15) is 0 Å². The van der Waals surface area contributed by atoms with E-state index in [1.807, 2.05) is 18.2 Å². The molecular formula is C24H25N3O5. The van der Waals surface area contributed by atoms with Crippen LogP contribution < -0.4 is 15.0 Å². The van der Waals surface area contributed by atoms with Crippen molar-refractivity contribution in [3.8, 4) is 5.75 Å². The summed E-state index contributed by atoms with van der Waals surface area (Å²) in [5, 5.41) is 2.72. The Balaban J connectivity index is 1.46. The quantitative estimate of drug-likeness (QED) is 0.533. The summed E-state index contributed by atoms with van der Waals surface area (Å²) in [5.74, 6) is -0.116. The maximum Gasteiger partial charge on any atom is 0.325 e. The third-order valence-corrected chi connectivity index (χ3v) is 5.96. The summed E-state index contributed by atoms with van der Waals surface area (Å²) >= 11 is 0. The molecule has 2 aliphatic heterocycles. The molecule has 0 saturated carbocycles. The average molecular weight is 435 g/mol. The van der Waals surface area contributed by atoms with Crippen molar-refractivity contribution in [2.24, 2.45) is 0 Å². The summed E-state index contributed by atoms with van der Waals surface area (Å²) in [4.78, 5) is 52.9. The molecule has 2 aromatic rings. The Bertz CT molecular complexity index is 1080. The molecule has 1 N–H and O–H groups in total. The molecule has 2 aromatic carbocycles. The highest BCUT2D eigenvalue weighted by atomic mass is 16.5. The largest absolute Gasteiger partial charge is 0.496 e. The van der Waals surface area contributed by atoms with E-state index in [0.717, 1.165) is 22.6 Å². The number of hydrogen-bond acceptors (Lipinski definition) is 5. The van der Waals surface area contributed by atoms with Gasteiger partial charge in [0, 0.05) is 30.6 Å². The van der Waals surface area contributed by atoms with Crippen LogP contribution in [0, 0.1) is 0 Å². The predicted molar refractivity (Wildman–Crippen MR) is 118 cm³/mol. The van der Waals surface area contributed by atoms with E-state index in [2.05, 4.69) is 5.32 Å². The van der Waals surface area contributed by atoms with Crippen molar-refractivity contribution in [2.45, 2.75) is 31.7 Å². The zero-order valence-corrected chi connectivity index (χ0v) is 18.1. The first kappa shape index (κ1) is 21.5. The molecule has 2 fully saturated rings. The van der Waals surface area contributed by atoms with Gasteiger partial charge in [0.15, 0.2) is 5.78 Å². The van der Waals surface area contributed by atoms with E-state index in [0.29, 0.717) is 24.3 Å². The van der Waals surface area contributed by atoms with Gasteiger partial charge in [0.2, 0.25) is 5.91 Å². The van der Waals surface area contributed by atoms with Gasteiger partial charge in [-0.05, 0) is 49.2 Å². The minimum absolute atomic E-state index is 0.0674. The van der Waals surface area contributed by atoms with Crippen molar-refractivity contribution >= 4 is 29.3 Å². The van der Waals surface area contributed by atoms with Crippen molar-refractivity contribution < 1.29 is 23.9 Å². The number of anilines is 1. The maximum atomic E-state index is 13.1. The van der Waals surface area contributed by atoms with Gasteiger partial charge in [-0.3, -0.25) is 19.3 Å². The molecule has 4 rings (SSSR count). The Morgan fingerprint density at radius 1 is 1.09 bits per heavy atom. The number of para-hydroxylation sites is 1. The maximum absolute atomic E-state index is 13.1. The second kappa shape index (κ2) is 8.45. The Kier molecular flexibility index (Phi) is 5.69. The van der Waals surface area contributed by atoms with E-state index in [4.69, 9.17) is 4.74 Å². The van der Waals surface area contributed by atoms with Crippen LogP contribution in [0.1, 0.15) is 35.7 Å². The van der Waals surface area contributed by atoms with Gasteiger partial charge in [0.1, 0.15) is 11.3 Å². The van der Waals surface area contributed by atoms with Gasteiger partial charge in [-0.25, -0.2) is 4.79 Å². The molecule has 2 aliphatic rings. The molecule has 32 heavy (non-hydrogen) atoms. The summed E-state index contributed by atoms with van der Waals surface area (Å²) in [6.45, 7) is 1.96. The number of ether oxygens (including phenoxy) is 1. The first-order valence-electron chi connectivity index (χ1n) is 10.5. The first-order chi connectivity index (χ1) is 15.3. The van der Waals surface area contributed by atoms with Crippen LogP contribution >= 0.6 is 0 Å². The molecule has 2 saturated heterocycles. The Labute approximate surface area is 186 Å². The average Bonchev–Trinajstić information content (AvgIpc) is 3.30. The topological polar surface area (TPSA) is 96.0 Å². The van der Waals surface area contributed by atoms with Gasteiger partial charge < -0.3 is 15.0 Å². The van der Waals surface area contributed by atoms with Gasteiger partial charge in [-0.1, -0.05) is 18.2 Å². The minimum atomic E-state index is -1.17. The predicted octanol–water partition coefficient (Wildman–Crippen LogP) is 2.56. The lowest BCUT2D eigenvalue weighted by Crippen LogP contribution is -2.46. The molecule has 0 aromatic heterocycles. The molecule has 1 atom stereocenters. The fraction of sp³-hybridized carbons (Fsp3) is 0.333. The molecule has 8 nitrogen and oxygen atoms in total. The van der Waals surface area contributed by atoms with Crippen LogP contribution in [-0.4, -0.2) is 54.3 Å². The molecule has 0 unspecified atom stereocenters. The van der Waals surface area contributed by atoms with Crippen molar-refractivity contribution in [3.05, 3.63) is 59.7 Å². The van der Waals surface area contributed by atoms with Crippen molar-refractivity contribution in [3.63, 3.8) is 0 Å². The summed E-state index contributed by atoms with van der Waals surface area (Å²) in [6, 6.07) is 13.4. The molecule has 166 valence electrons. The van der Waals surface area contributed by atoms with Crippen molar-refractivity contribution in [2.75, 3.05) is 25.1 Å². The highest BCUT2D eigenvalue weighted by molar-refractivity contribution is 6.11.